The molecule has 0 aliphatic carbocycles. The third-order valence-corrected chi connectivity index (χ3v) is 8.06. The number of aryl methyl sites for hydroxylation is 1. The molecule has 1 amide bonds. The summed E-state index contributed by atoms with van der Waals surface area (Å²) in [6, 6.07) is 27.9. The second kappa shape index (κ2) is 10.4. The van der Waals surface area contributed by atoms with Crippen LogP contribution in [-0.2, 0) is 11.2 Å². The number of halogens is 1. The van der Waals surface area contributed by atoms with Gasteiger partial charge in [0.05, 0.1) is 10.6 Å². The summed E-state index contributed by atoms with van der Waals surface area (Å²) in [5, 5.41) is 2.57. The van der Waals surface area contributed by atoms with Crippen molar-refractivity contribution in [2.75, 3.05) is 6.54 Å². The molecule has 38 heavy (non-hydrogen) atoms. The van der Waals surface area contributed by atoms with Gasteiger partial charge in [-0.25, -0.2) is 4.99 Å². The zero-order chi connectivity index (χ0) is 26.1. The number of benzene rings is 3. The molecule has 1 fully saturated rings. The number of para-hydroxylation sites is 2. The molecule has 3 heterocycles. The van der Waals surface area contributed by atoms with Crippen molar-refractivity contribution in [2.24, 2.45) is 4.99 Å². The first-order valence-corrected chi connectivity index (χ1v) is 13.6. The van der Waals surface area contributed by atoms with Crippen LogP contribution in [0.15, 0.2) is 107 Å². The fourth-order valence-electron chi connectivity index (χ4n) is 4.59. The second-order valence-corrected chi connectivity index (χ2v) is 10.6. The maximum absolute atomic E-state index is 13.7. The van der Waals surface area contributed by atoms with Crippen LogP contribution in [0.5, 0.6) is 0 Å². The van der Waals surface area contributed by atoms with E-state index in [1.54, 1.807) is 4.90 Å². The summed E-state index contributed by atoms with van der Waals surface area (Å²) in [4.78, 5) is 24.3. The van der Waals surface area contributed by atoms with Gasteiger partial charge in [-0.15, -0.1) is 0 Å². The second-order valence-electron chi connectivity index (χ2n) is 9.14. The molecular weight excluding hydrogens is 512 g/mol. The Hall–Kier alpha value is -4.00. The number of aromatic nitrogens is 2. The maximum Gasteiger partial charge on any atom is 0.266 e. The molecule has 0 spiro atoms. The number of rotatable bonds is 6. The summed E-state index contributed by atoms with van der Waals surface area (Å²) in [5.41, 5.74) is 5.97. The molecule has 6 rings (SSSR count). The van der Waals surface area contributed by atoms with Crippen LogP contribution in [0.4, 0.5) is 5.69 Å². The average molecular weight is 537 g/mol. The summed E-state index contributed by atoms with van der Waals surface area (Å²) < 4.78 is 2.04. The molecule has 0 radical (unpaired) electrons. The Labute approximate surface area is 230 Å². The number of hydrogen-bond donors (Lipinski definition) is 1. The van der Waals surface area contributed by atoms with Gasteiger partial charge in [0.15, 0.2) is 5.17 Å². The maximum atomic E-state index is 13.7. The van der Waals surface area contributed by atoms with Gasteiger partial charge >= 0.3 is 0 Å². The Morgan fingerprint density at radius 2 is 1.82 bits per heavy atom. The minimum atomic E-state index is -0.0424. The van der Waals surface area contributed by atoms with E-state index >= 15 is 0 Å². The SMILES string of the molecule is Cc1ccc(-n2cccc2/C=C2/SC(=Nc3ccccc3)N(CCc3c[nH]c4ccccc34)C2=O)cc1Cl. The van der Waals surface area contributed by atoms with Crippen molar-refractivity contribution >= 4 is 57.1 Å². The lowest BCUT2D eigenvalue weighted by Gasteiger charge is -2.15. The van der Waals surface area contributed by atoms with Crippen LogP contribution in [0, 0.1) is 6.92 Å². The van der Waals surface area contributed by atoms with Gasteiger partial charge in [0.2, 0.25) is 0 Å². The van der Waals surface area contributed by atoms with Crippen LogP contribution in [0.3, 0.4) is 0 Å². The van der Waals surface area contributed by atoms with E-state index in [9.17, 15) is 4.79 Å². The first-order chi connectivity index (χ1) is 18.6. The monoisotopic (exact) mass is 536 g/mol. The molecule has 1 N–H and O–H groups in total. The van der Waals surface area contributed by atoms with Crippen LogP contribution in [0.2, 0.25) is 5.02 Å². The van der Waals surface area contributed by atoms with Gasteiger partial charge < -0.3 is 9.55 Å². The Balaban J connectivity index is 1.33. The van der Waals surface area contributed by atoms with E-state index in [0.29, 0.717) is 21.6 Å². The first kappa shape index (κ1) is 24.3. The number of nitrogens with zero attached hydrogens (tertiary/aromatic N) is 3. The number of thioether (sulfide) groups is 1. The Kier molecular flexibility index (Phi) is 6.66. The number of aliphatic imine (C=N–C) groups is 1. The summed E-state index contributed by atoms with van der Waals surface area (Å²) in [5.74, 6) is -0.0424. The molecule has 7 heteroatoms. The molecule has 1 aliphatic heterocycles. The van der Waals surface area contributed by atoms with Crippen LogP contribution < -0.4 is 0 Å². The van der Waals surface area contributed by atoms with E-state index in [4.69, 9.17) is 16.6 Å². The Morgan fingerprint density at radius 1 is 1.00 bits per heavy atom. The number of H-pyrrole nitrogens is 1. The molecule has 0 unspecified atom stereocenters. The van der Waals surface area contributed by atoms with Crippen molar-refractivity contribution in [2.45, 2.75) is 13.3 Å². The first-order valence-electron chi connectivity index (χ1n) is 12.4. The minimum absolute atomic E-state index is 0.0424. The van der Waals surface area contributed by atoms with Crippen molar-refractivity contribution in [1.29, 1.82) is 0 Å². The quantitative estimate of drug-likeness (QED) is 0.225. The summed E-state index contributed by atoms with van der Waals surface area (Å²) in [6.45, 7) is 2.52. The van der Waals surface area contributed by atoms with Gasteiger partial charge in [0, 0.05) is 46.2 Å². The number of aromatic amines is 1. The van der Waals surface area contributed by atoms with Gasteiger partial charge in [-0.3, -0.25) is 9.69 Å². The number of amidine groups is 1. The zero-order valence-corrected chi connectivity index (χ0v) is 22.3. The van der Waals surface area contributed by atoms with Crippen LogP contribution in [0.25, 0.3) is 22.7 Å². The fourth-order valence-corrected chi connectivity index (χ4v) is 5.77. The van der Waals surface area contributed by atoms with Gasteiger partial charge in [-0.2, -0.15) is 0 Å². The third-order valence-electron chi connectivity index (χ3n) is 6.64. The van der Waals surface area contributed by atoms with E-state index in [-0.39, 0.29) is 5.91 Å². The highest BCUT2D eigenvalue weighted by atomic mass is 35.5. The normalized spacial score (nSPS) is 15.8. The summed E-state index contributed by atoms with van der Waals surface area (Å²) in [6.07, 6.45) is 6.66. The molecule has 0 atom stereocenters. The van der Waals surface area contributed by atoms with E-state index in [2.05, 4.69) is 17.1 Å². The van der Waals surface area contributed by atoms with E-state index < -0.39 is 0 Å². The van der Waals surface area contributed by atoms with Crippen LogP contribution in [-0.4, -0.2) is 32.1 Å². The summed E-state index contributed by atoms with van der Waals surface area (Å²) >= 11 is 7.80. The third kappa shape index (κ3) is 4.80. The van der Waals surface area contributed by atoms with Gasteiger partial charge in [-0.05, 0) is 84.8 Å². The molecule has 5 aromatic rings. The lowest BCUT2D eigenvalue weighted by Crippen LogP contribution is -2.31. The minimum Gasteiger partial charge on any atom is -0.361 e. The molecular formula is C31H25ClN4OS. The Morgan fingerprint density at radius 3 is 2.66 bits per heavy atom. The number of nitrogens with one attached hydrogen (secondary N) is 1. The van der Waals surface area contributed by atoms with Gasteiger partial charge in [0.1, 0.15) is 0 Å². The van der Waals surface area contributed by atoms with Gasteiger partial charge in [-0.1, -0.05) is 54.1 Å². The molecule has 5 nitrogen and oxygen atoms in total. The van der Waals surface area contributed by atoms with E-state index in [1.165, 1.54) is 22.7 Å². The number of hydrogen-bond acceptors (Lipinski definition) is 3. The highest BCUT2D eigenvalue weighted by Gasteiger charge is 2.33. The predicted octanol–water partition coefficient (Wildman–Crippen LogP) is 7.77. The smallest absolute Gasteiger partial charge is 0.266 e. The Bertz CT molecular complexity index is 1700. The molecule has 0 saturated carbocycles. The standard InChI is InChI=1S/C31H25ClN4OS/c1-21-13-14-25(18-27(21)32)35-16-7-10-24(35)19-29-30(37)36(31(38-29)34-23-8-3-2-4-9-23)17-15-22-20-33-28-12-6-5-11-26(22)28/h2-14,16,18-20,33H,15,17H2,1H3/b29-19+,34-31?. The molecule has 188 valence electrons. The highest BCUT2D eigenvalue weighted by molar-refractivity contribution is 8.18. The van der Waals surface area contributed by atoms with E-state index in [0.717, 1.165) is 34.6 Å². The largest absolute Gasteiger partial charge is 0.361 e. The predicted molar refractivity (Wildman–Crippen MR) is 158 cm³/mol. The molecule has 1 aliphatic rings. The molecule has 0 bridgehead atoms. The van der Waals surface area contributed by atoms with E-state index in [1.807, 2.05) is 103 Å². The highest BCUT2D eigenvalue weighted by Crippen LogP contribution is 2.35. The number of fused-ring (bicyclic) bond motifs is 1. The lowest BCUT2D eigenvalue weighted by molar-refractivity contribution is -0.122. The van der Waals surface area contributed by atoms with Crippen molar-refractivity contribution in [3.8, 4) is 5.69 Å². The van der Waals surface area contributed by atoms with Crippen LogP contribution >= 0.6 is 23.4 Å². The zero-order valence-electron chi connectivity index (χ0n) is 20.8. The van der Waals surface area contributed by atoms with Crippen molar-refractivity contribution < 1.29 is 4.79 Å². The number of amides is 1. The molecule has 3 aromatic carbocycles. The van der Waals surface area contributed by atoms with Crippen molar-refractivity contribution in [3.63, 3.8) is 0 Å². The van der Waals surface area contributed by atoms with Crippen molar-refractivity contribution in [1.82, 2.24) is 14.5 Å². The molecule has 1 saturated heterocycles. The van der Waals surface area contributed by atoms with Crippen molar-refractivity contribution in [3.05, 3.63) is 124 Å². The summed E-state index contributed by atoms with van der Waals surface area (Å²) in [7, 11) is 0. The topological polar surface area (TPSA) is 53.4 Å². The fraction of sp³-hybridized carbons (Fsp3) is 0.0968. The van der Waals surface area contributed by atoms with Crippen LogP contribution in [0.1, 0.15) is 16.8 Å². The average Bonchev–Trinajstić information content (AvgIpc) is 3.64. The number of carbonyl (C=O) groups excluding carboxylic acids is 1. The van der Waals surface area contributed by atoms with Gasteiger partial charge in [0.25, 0.3) is 5.91 Å². The molecule has 2 aromatic heterocycles. The number of carbonyl (C=O) groups is 1. The lowest BCUT2D eigenvalue weighted by atomic mass is 10.1.